The highest BCUT2D eigenvalue weighted by Gasteiger charge is 2.06. The molecule has 90 valence electrons. The number of carbonyl (C=O) groups is 1. The van der Waals surface area contributed by atoms with Crippen molar-refractivity contribution in [1.29, 1.82) is 0 Å². The summed E-state index contributed by atoms with van der Waals surface area (Å²) < 4.78 is 0. The Hall–Kier alpha value is -1.42. The molecule has 0 amide bonds. The van der Waals surface area contributed by atoms with Gasteiger partial charge in [-0.15, -0.1) is 0 Å². The van der Waals surface area contributed by atoms with Gasteiger partial charge in [0, 0.05) is 17.7 Å². The molecule has 0 aliphatic heterocycles. The largest absolute Gasteiger partial charge is 0.276 e. The van der Waals surface area contributed by atoms with Crippen LogP contribution in [-0.2, 0) is 0 Å². The van der Waals surface area contributed by atoms with Gasteiger partial charge in [-0.3, -0.25) is 14.9 Å². The van der Waals surface area contributed by atoms with E-state index in [2.05, 4.69) is 0 Å². The number of hydrogen-bond donors (Lipinski definition) is 0. The van der Waals surface area contributed by atoms with Crippen LogP contribution in [0.15, 0.2) is 24.3 Å². The topological polar surface area (TPSA) is 60.2 Å². The van der Waals surface area contributed by atoms with Gasteiger partial charge in [0.25, 0.3) is 10.9 Å². The minimum atomic E-state index is -0.620. The maximum absolute atomic E-state index is 10.5. The second-order valence-corrected chi connectivity index (χ2v) is 2.42. The van der Waals surface area contributed by atoms with Gasteiger partial charge in [-0.1, -0.05) is 27.7 Å². The molecule has 1 aromatic carbocycles. The van der Waals surface area contributed by atoms with Crippen molar-refractivity contribution < 1.29 is 9.72 Å². The normalized spacial score (nSPS) is 7.81. The summed E-state index contributed by atoms with van der Waals surface area (Å²) in [6, 6.07) is 5.09. The molecular formula is C11H16ClNO3. The lowest BCUT2D eigenvalue weighted by Gasteiger charge is -1.92. The number of rotatable bonds is 2. The zero-order valence-corrected chi connectivity index (χ0v) is 10.6. The highest BCUT2D eigenvalue weighted by atomic mass is 35.5. The number of nitrogens with zero attached hydrogens (tertiary/aromatic N) is 1. The Kier molecular flexibility index (Phi) is 10.7. The van der Waals surface area contributed by atoms with Gasteiger partial charge >= 0.3 is 0 Å². The molecule has 5 heteroatoms. The third-order valence-electron chi connectivity index (χ3n) is 1.31. The summed E-state index contributed by atoms with van der Waals surface area (Å²) in [6.07, 6.45) is 0. The lowest BCUT2D eigenvalue weighted by Crippen LogP contribution is -1.90. The highest BCUT2D eigenvalue weighted by Crippen LogP contribution is 2.12. The quantitative estimate of drug-likeness (QED) is 0.449. The predicted octanol–water partition coefficient (Wildman–Crippen LogP) is 4.03. The van der Waals surface area contributed by atoms with E-state index in [0.29, 0.717) is 0 Å². The van der Waals surface area contributed by atoms with E-state index in [0.717, 1.165) is 0 Å². The Bertz CT molecular complexity index is 290. The van der Waals surface area contributed by atoms with Gasteiger partial charge in [-0.05, 0) is 23.7 Å². The SMILES string of the molecule is CC.CC.O=C(Cl)c1ccc([N+](=O)[O-])cc1. The predicted molar refractivity (Wildman–Crippen MR) is 66.0 cm³/mol. The summed E-state index contributed by atoms with van der Waals surface area (Å²) >= 11 is 5.13. The van der Waals surface area contributed by atoms with Crippen molar-refractivity contribution in [3.63, 3.8) is 0 Å². The third-order valence-corrected chi connectivity index (χ3v) is 1.52. The molecule has 0 saturated carbocycles. The lowest BCUT2D eigenvalue weighted by molar-refractivity contribution is -0.384. The van der Waals surface area contributed by atoms with Crippen LogP contribution in [0, 0.1) is 10.1 Å². The van der Waals surface area contributed by atoms with Crippen LogP contribution in [-0.4, -0.2) is 10.2 Å². The molecule has 0 spiro atoms. The zero-order chi connectivity index (χ0) is 13.1. The van der Waals surface area contributed by atoms with Crippen molar-refractivity contribution in [1.82, 2.24) is 0 Å². The minimum Gasteiger partial charge on any atom is -0.276 e. The second kappa shape index (κ2) is 10.1. The number of carbonyl (C=O) groups excluding carboxylic acids is 1. The van der Waals surface area contributed by atoms with Crippen molar-refractivity contribution in [3.05, 3.63) is 39.9 Å². The van der Waals surface area contributed by atoms with Gasteiger partial charge in [0.05, 0.1) is 4.92 Å². The standard InChI is InChI=1S/C7H4ClNO3.2C2H6/c8-7(10)5-1-3-6(4-2-5)9(11)12;2*1-2/h1-4H;2*1-2H3. The molecular weight excluding hydrogens is 230 g/mol. The Balaban J connectivity index is 0. The number of nitro groups is 1. The summed E-state index contributed by atoms with van der Waals surface area (Å²) in [5.41, 5.74) is 0.193. The highest BCUT2D eigenvalue weighted by molar-refractivity contribution is 6.67. The zero-order valence-electron chi connectivity index (χ0n) is 9.86. The molecule has 0 saturated heterocycles. The molecule has 0 radical (unpaired) electrons. The van der Waals surface area contributed by atoms with Gasteiger partial charge in [-0.2, -0.15) is 0 Å². The van der Waals surface area contributed by atoms with E-state index in [1.54, 1.807) is 0 Å². The summed E-state index contributed by atoms with van der Waals surface area (Å²) in [5.74, 6) is 0. The molecule has 0 heterocycles. The Labute approximate surface area is 100 Å². The van der Waals surface area contributed by atoms with E-state index < -0.39 is 10.2 Å². The molecule has 1 rings (SSSR count). The van der Waals surface area contributed by atoms with Crippen LogP contribution in [0.1, 0.15) is 38.1 Å². The van der Waals surface area contributed by atoms with E-state index in [1.807, 2.05) is 27.7 Å². The molecule has 4 nitrogen and oxygen atoms in total. The Morgan fingerprint density at radius 1 is 1.12 bits per heavy atom. The van der Waals surface area contributed by atoms with Crippen LogP contribution in [0.2, 0.25) is 0 Å². The van der Waals surface area contributed by atoms with E-state index in [4.69, 9.17) is 11.6 Å². The molecule has 0 aliphatic carbocycles. The molecule has 0 bridgehead atoms. The van der Waals surface area contributed by atoms with Crippen LogP contribution in [0.25, 0.3) is 0 Å². The number of hydrogen-bond acceptors (Lipinski definition) is 3. The molecule has 0 aliphatic rings. The van der Waals surface area contributed by atoms with Gasteiger partial charge in [0.15, 0.2) is 0 Å². The number of non-ortho nitro benzene ring substituents is 1. The van der Waals surface area contributed by atoms with E-state index >= 15 is 0 Å². The van der Waals surface area contributed by atoms with Crippen molar-refractivity contribution in [2.24, 2.45) is 0 Å². The summed E-state index contributed by atoms with van der Waals surface area (Å²) in [6.45, 7) is 8.00. The first-order valence-electron chi connectivity index (χ1n) is 5.05. The molecule has 0 atom stereocenters. The lowest BCUT2D eigenvalue weighted by atomic mass is 10.2. The van der Waals surface area contributed by atoms with Crippen LogP contribution in [0.4, 0.5) is 5.69 Å². The average molecular weight is 246 g/mol. The summed E-state index contributed by atoms with van der Waals surface area (Å²) in [4.78, 5) is 20.2. The van der Waals surface area contributed by atoms with E-state index in [1.165, 1.54) is 24.3 Å². The Morgan fingerprint density at radius 3 is 1.75 bits per heavy atom. The monoisotopic (exact) mass is 245 g/mol. The minimum absolute atomic E-state index is 0.0586. The Morgan fingerprint density at radius 2 is 1.50 bits per heavy atom. The van der Waals surface area contributed by atoms with Gasteiger partial charge < -0.3 is 0 Å². The number of nitro benzene ring substituents is 1. The van der Waals surface area contributed by atoms with Crippen molar-refractivity contribution >= 4 is 22.5 Å². The fraction of sp³-hybridized carbons (Fsp3) is 0.364. The molecule has 0 fully saturated rings. The van der Waals surface area contributed by atoms with Gasteiger partial charge in [0.1, 0.15) is 0 Å². The van der Waals surface area contributed by atoms with Gasteiger partial charge in [0.2, 0.25) is 0 Å². The van der Waals surface area contributed by atoms with E-state index in [-0.39, 0.29) is 11.3 Å². The number of benzene rings is 1. The maximum atomic E-state index is 10.5. The summed E-state index contributed by atoms with van der Waals surface area (Å²) in [7, 11) is 0. The molecule has 0 aromatic heterocycles. The average Bonchev–Trinajstić information content (AvgIpc) is 2.34. The van der Waals surface area contributed by atoms with Crippen LogP contribution < -0.4 is 0 Å². The third kappa shape index (κ3) is 6.14. The van der Waals surface area contributed by atoms with Crippen LogP contribution in [0.3, 0.4) is 0 Å². The van der Waals surface area contributed by atoms with Crippen molar-refractivity contribution in [3.8, 4) is 0 Å². The first-order chi connectivity index (χ1) is 7.61. The number of halogens is 1. The van der Waals surface area contributed by atoms with Crippen molar-refractivity contribution in [2.45, 2.75) is 27.7 Å². The maximum Gasteiger partial charge on any atom is 0.269 e. The first-order valence-corrected chi connectivity index (χ1v) is 5.43. The molecule has 16 heavy (non-hydrogen) atoms. The first kappa shape index (κ1) is 17.0. The van der Waals surface area contributed by atoms with E-state index in [9.17, 15) is 14.9 Å². The van der Waals surface area contributed by atoms with Gasteiger partial charge in [-0.25, -0.2) is 0 Å². The second-order valence-electron chi connectivity index (χ2n) is 2.08. The van der Waals surface area contributed by atoms with Crippen LogP contribution >= 0.6 is 11.6 Å². The molecule has 1 aromatic rings. The van der Waals surface area contributed by atoms with Crippen molar-refractivity contribution in [2.75, 3.05) is 0 Å². The summed E-state index contributed by atoms with van der Waals surface area (Å²) in [5, 5.41) is 9.55. The fourth-order valence-electron chi connectivity index (χ4n) is 0.714. The van der Waals surface area contributed by atoms with Crippen LogP contribution in [0.5, 0.6) is 0 Å². The smallest absolute Gasteiger partial charge is 0.269 e. The fourth-order valence-corrected chi connectivity index (χ4v) is 0.840. The molecule has 0 unspecified atom stereocenters. The molecule has 0 N–H and O–H groups in total.